The van der Waals surface area contributed by atoms with Crippen molar-refractivity contribution in [2.45, 2.75) is 20.8 Å². The van der Waals surface area contributed by atoms with Gasteiger partial charge < -0.3 is 14.8 Å². The second-order valence-corrected chi connectivity index (χ2v) is 5.56. The monoisotopic (exact) mass is 313 g/mol. The molecule has 0 radical (unpaired) electrons. The predicted octanol–water partition coefficient (Wildman–Crippen LogP) is 3.89. The smallest absolute Gasteiger partial charge is 0.339 e. The first kappa shape index (κ1) is 16.9. The summed E-state index contributed by atoms with van der Waals surface area (Å²) in [6.07, 6.45) is 0. The van der Waals surface area contributed by atoms with Crippen LogP contribution < -0.4 is 10.1 Å². The van der Waals surface area contributed by atoms with Crippen molar-refractivity contribution >= 4 is 11.7 Å². The molecule has 2 aromatic rings. The quantitative estimate of drug-likeness (QED) is 0.649. The van der Waals surface area contributed by atoms with Gasteiger partial charge in [0.05, 0.1) is 12.7 Å². The Bertz CT molecular complexity index is 695. The number of aryl methyl sites for hydroxylation is 3. The number of carbonyl (C=O) groups is 1. The molecule has 4 nitrogen and oxygen atoms in total. The summed E-state index contributed by atoms with van der Waals surface area (Å²) in [5, 5.41) is 3.23. The Labute approximate surface area is 137 Å². The number of rotatable bonds is 6. The molecule has 0 aromatic heterocycles. The van der Waals surface area contributed by atoms with Crippen LogP contribution in [-0.2, 0) is 4.74 Å². The van der Waals surface area contributed by atoms with Crippen LogP contribution in [-0.4, -0.2) is 26.2 Å². The molecule has 2 aromatic carbocycles. The van der Waals surface area contributed by atoms with Gasteiger partial charge in [-0.25, -0.2) is 4.79 Å². The summed E-state index contributed by atoms with van der Waals surface area (Å²) >= 11 is 0. The molecule has 122 valence electrons. The topological polar surface area (TPSA) is 47.6 Å². The zero-order valence-corrected chi connectivity index (χ0v) is 14.1. The second-order valence-electron chi connectivity index (χ2n) is 5.56. The molecule has 0 aliphatic heterocycles. The first-order valence-corrected chi connectivity index (χ1v) is 7.64. The highest BCUT2D eigenvalue weighted by molar-refractivity contribution is 5.95. The molecule has 0 unspecified atom stereocenters. The van der Waals surface area contributed by atoms with Gasteiger partial charge in [0.15, 0.2) is 0 Å². The van der Waals surface area contributed by atoms with Crippen LogP contribution in [0.3, 0.4) is 0 Å². The zero-order chi connectivity index (χ0) is 16.8. The molecule has 0 saturated carbocycles. The predicted molar refractivity (Wildman–Crippen MR) is 92.4 cm³/mol. The summed E-state index contributed by atoms with van der Waals surface area (Å²) in [6, 6.07) is 11.7. The number of hydrogen-bond acceptors (Lipinski definition) is 4. The number of methoxy groups -OCH3 is 1. The highest BCUT2D eigenvalue weighted by Crippen LogP contribution is 2.19. The maximum Gasteiger partial charge on any atom is 0.339 e. The average molecular weight is 313 g/mol. The zero-order valence-electron chi connectivity index (χ0n) is 14.1. The number of esters is 1. The number of anilines is 1. The first-order valence-electron chi connectivity index (χ1n) is 7.64. The molecule has 0 aliphatic carbocycles. The molecular weight excluding hydrogens is 290 g/mol. The van der Waals surface area contributed by atoms with E-state index in [0.29, 0.717) is 18.7 Å². The molecule has 0 fully saturated rings. The Morgan fingerprint density at radius 1 is 1.04 bits per heavy atom. The van der Waals surface area contributed by atoms with Crippen molar-refractivity contribution in [3.8, 4) is 5.75 Å². The minimum Gasteiger partial charge on any atom is -0.492 e. The van der Waals surface area contributed by atoms with E-state index in [1.54, 1.807) is 0 Å². The van der Waals surface area contributed by atoms with Gasteiger partial charge in [0.1, 0.15) is 12.4 Å². The van der Waals surface area contributed by atoms with E-state index < -0.39 is 0 Å². The van der Waals surface area contributed by atoms with Gasteiger partial charge in [-0.1, -0.05) is 17.7 Å². The van der Waals surface area contributed by atoms with Gasteiger partial charge in [0.25, 0.3) is 0 Å². The van der Waals surface area contributed by atoms with Crippen LogP contribution >= 0.6 is 0 Å². The number of benzene rings is 2. The van der Waals surface area contributed by atoms with E-state index in [-0.39, 0.29) is 5.97 Å². The van der Waals surface area contributed by atoms with Crippen molar-refractivity contribution in [1.29, 1.82) is 0 Å². The third-order valence-corrected chi connectivity index (χ3v) is 3.74. The van der Waals surface area contributed by atoms with Crippen LogP contribution in [0.2, 0.25) is 0 Å². The fourth-order valence-electron chi connectivity index (χ4n) is 2.25. The van der Waals surface area contributed by atoms with Crippen LogP contribution in [0.1, 0.15) is 27.0 Å². The Kier molecular flexibility index (Phi) is 5.63. The van der Waals surface area contributed by atoms with Gasteiger partial charge in [0, 0.05) is 12.2 Å². The van der Waals surface area contributed by atoms with Gasteiger partial charge in [-0.05, 0) is 56.2 Å². The maximum absolute atomic E-state index is 11.8. The van der Waals surface area contributed by atoms with Crippen molar-refractivity contribution < 1.29 is 14.3 Å². The summed E-state index contributed by atoms with van der Waals surface area (Å²) < 4.78 is 10.6. The molecule has 1 N–H and O–H groups in total. The lowest BCUT2D eigenvalue weighted by atomic mass is 10.1. The summed E-state index contributed by atoms with van der Waals surface area (Å²) in [7, 11) is 1.39. The number of nitrogens with one attached hydrogen (secondary N) is 1. The van der Waals surface area contributed by atoms with Crippen molar-refractivity contribution in [3.63, 3.8) is 0 Å². The highest BCUT2D eigenvalue weighted by atomic mass is 16.5. The SMILES string of the molecule is COC(=O)c1cc(C)ccc1NCCOc1ccc(C)c(C)c1. The molecule has 2 rings (SSSR count). The van der Waals surface area contributed by atoms with E-state index >= 15 is 0 Å². The van der Waals surface area contributed by atoms with E-state index in [9.17, 15) is 4.79 Å². The van der Waals surface area contributed by atoms with Crippen LogP contribution in [0.5, 0.6) is 5.75 Å². The van der Waals surface area contributed by atoms with E-state index in [1.807, 2.05) is 43.3 Å². The van der Waals surface area contributed by atoms with Crippen molar-refractivity contribution in [2.75, 3.05) is 25.6 Å². The number of ether oxygens (including phenoxy) is 2. The molecular formula is C19H23NO3. The minimum absolute atomic E-state index is 0.341. The fourth-order valence-corrected chi connectivity index (χ4v) is 2.25. The Morgan fingerprint density at radius 2 is 1.83 bits per heavy atom. The summed E-state index contributed by atoms with van der Waals surface area (Å²) in [5.74, 6) is 0.512. The van der Waals surface area contributed by atoms with Crippen LogP contribution in [0.25, 0.3) is 0 Å². The molecule has 0 amide bonds. The molecule has 0 saturated heterocycles. The number of carbonyl (C=O) groups excluding carboxylic acids is 1. The van der Waals surface area contributed by atoms with E-state index in [4.69, 9.17) is 9.47 Å². The molecule has 0 aliphatic rings. The Balaban J connectivity index is 1.93. The summed E-state index contributed by atoms with van der Waals surface area (Å²) in [5.41, 5.74) is 4.77. The largest absolute Gasteiger partial charge is 0.492 e. The van der Waals surface area contributed by atoms with Gasteiger partial charge >= 0.3 is 5.97 Å². The van der Waals surface area contributed by atoms with Crippen molar-refractivity contribution in [3.05, 3.63) is 58.7 Å². The fraction of sp³-hybridized carbons (Fsp3) is 0.316. The van der Waals surface area contributed by atoms with Gasteiger partial charge in [0.2, 0.25) is 0 Å². The van der Waals surface area contributed by atoms with Gasteiger partial charge in [-0.2, -0.15) is 0 Å². The minimum atomic E-state index is -0.341. The van der Waals surface area contributed by atoms with Crippen LogP contribution in [0.15, 0.2) is 36.4 Å². The molecule has 0 bridgehead atoms. The first-order chi connectivity index (χ1) is 11.0. The van der Waals surface area contributed by atoms with Gasteiger partial charge in [-0.3, -0.25) is 0 Å². The summed E-state index contributed by atoms with van der Waals surface area (Å²) in [4.78, 5) is 11.8. The van der Waals surface area contributed by atoms with E-state index in [0.717, 1.165) is 17.0 Å². The third kappa shape index (κ3) is 4.49. The highest BCUT2D eigenvalue weighted by Gasteiger charge is 2.11. The standard InChI is InChI=1S/C19H23NO3/c1-13-5-8-18(17(11-13)19(21)22-4)20-9-10-23-16-7-6-14(2)15(3)12-16/h5-8,11-12,20H,9-10H2,1-4H3. The van der Waals surface area contributed by atoms with Crippen LogP contribution in [0.4, 0.5) is 5.69 Å². The lowest BCUT2D eigenvalue weighted by Gasteiger charge is -2.13. The Hall–Kier alpha value is -2.49. The lowest BCUT2D eigenvalue weighted by Crippen LogP contribution is -2.14. The maximum atomic E-state index is 11.8. The van der Waals surface area contributed by atoms with Crippen molar-refractivity contribution in [2.24, 2.45) is 0 Å². The van der Waals surface area contributed by atoms with E-state index in [2.05, 4.69) is 19.2 Å². The average Bonchev–Trinajstić information content (AvgIpc) is 2.55. The number of hydrogen-bond donors (Lipinski definition) is 1. The van der Waals surface area contributed by atoms with Crippen molar-refractivity contribution in [1.82, 2.24) is 0 Å². The molecule has 0 atom stereocenters. The molecule has 23 heavy (non-hydrogen) atoms. The van der Waals surface area contributed by atoms with Gasteiger partial charge in [-0.15, -0.1) is 0 Å². The summed E-state index contributed by atoms with van der Waals surface area (Å²) in [6.45, 7) is 7.19. The van der Waals surface area contributed by atoms with Crippen LogP contribution in [0, 0.1) is 20.8 Å². The Morgan fingerprint density at radius 3 is 2.52 bits per heavy atom. The molecule has 0 spiro atoms. The second kappa shape index (κ2) is 7.68. The third-order valence-electron chi connectivity index (χ3n) is 3.74. The molecule has 4 heteroatoms. The normalized spacial score (nSPS) is 10.3. The lowest BCUT2D eigenvalue weighted by molar-refractivity contribution is 0.0601. The van der Waals surface area contributed by atoms with E-state index in [1.165, 1.54) is 18.2 Å². The molecule has 0 heterocycles.